The van der Waals surface area contributed by atoms with Crippen molar-refractivity contribution in [1.82, 2.24) is 24.1 Å². The number of fused-ring (bicyclic) bond motifs is 3. The molecule has 1 aliphatic rings. The molecule has 0 radical (unpaired) electrons. The van der Waals surface area contributed by atoms with Crippen molar-refractivity contribution in [3.8, 4) is 11.5 Å². The summed E-state index contributed by atoms with van der Waals surface area (Å²) < 4.78 is 28.0. The van der Waals surface area contributed by atoms with Gasteiger partial charge in [-0.15, -0.1) is 0 Å². The normalized spacial score (nSPS) is 16.1. The van der Waals surface area contributed by atoms with Crippen LogP contribution in [0, 0.1) is 5.82 Å². The molecule has 9 heteroatoms. The second-order valence-electron chi connectivity index (χ2n) is 7.86. The number of imidazole rings is 1. The molecule has 0 saturated heterocycles. The first-order valence-electron chi connectivity index (χ1n) is 10.1. The molecule has 0 amide bonds. The van der Waals surface area contributed by atoms with Gasteiger partial charge in [-0.05, 0) is 38.0 Å². The van der Waals surface area contributed by atoms with E-state index in [-0.39, 0.29) is 17.5 Å². The predicted octanol–water partition coefficient (Wildman–Crippen LogP) is 3.70. The monoisotopic (exact) mass is 411 g/mol. The molecule has 0 N–H and O–H groups in total. The Bertz CT molecular complexity index is 1290. The van der Waals surface area contributed by atoms with E-state index in [0.29, 0.717) is 40.6 Å². The van der Waals surface area contributed by atoms with Gasteiger partial charge in [0, 0.05) is 13.0 Å². The van der Waals surface area contributed by atoms with Crippen LogP contribution >= 0.6 is 0 Å². The first kappa shape index (κ1) is 18.9. The van der Waals surface area contributed by atoms with Crippen molar-refractivity contribution in [2.75, 3.05) is 13.7 Å². The number of hydrogen-bond acceptors (Lipinski definition) is 6. The van der Waals surface area contributed by atoms with Gasteiger partial charge in [-0.1, -0.05) is 18.0 Å². The number of rotatable bonds is 5. The van der Waals surface area contributed by atoms with Crippen LogP contribution in [0.5, 0.6) is 0 Å². The summed E-state index contributed by atoms with van der Waals surface area (Å²) in [6, 6.07) is 4.05. The maximum absolute atomic E-state index is 14.0. The lowest BCUT2D eigenvalue weighted by Gasteiger charge is -2.18. The molecule has 3 aromatic heterocycles. The zero-order valence-electron chi connectivity index (χ0n) is 16.8. The van der Waals surface area contributed by atoms with Gasteiger partial charge >= 0.3 is 0 Å². The quantitative estimate of drug-likeness (QED) is 0.498. The van der Waals surface area contributed by atoms with Crippen LogP contribution in [0.1, 0.15) is 50.5 Å². The number of benzene rings is 1. The van der Waals surface area contributed by atoms with Gasteiger partial charge in [0.25, 0.3) is 5.56 Å². The summed E-state index contributed by atoms with van der Waals surface area (Å²) in [6.45, 7) is 2.16. The first-order valence-corrected chi connectivity index (χ1v) is 10.1. The summed E-state index contributed by atoms with van der Waals surface area (Å²) in [5.74, 6) is 0.741. The first-order chi connectivity index (χ1) is 14.6. The number of halogens is 1. The number of ether oxygens (including phenoxy) is 1. The van der Waals surface area contributed by atoms with E-state index in [1.165, 1.54) is 12.1 Å². The van der Waals surface area contributed by atoms with Gasteiger partial charge in [0.05, 0.1) is 23.7 Å². The Morgan fingerprint density at radius 3 is 2.87 bits per heavy atom. The molecule has 4 aromatic rings. The molecule has 30 heavy (non-hydrogen) atoms. The molecule has 0 aliphatic heterocycles. The third-order valence-electron chi connectivity index (χ3n) is 5.85. The molecular formula is C21H22FN5O3. The minimum absolute atomic E-state index is 0.266. The minimum Gasteiger partial charge on any atom is -0.383 e. The van der Waals surface area contributed by atoms with Crippen LogP contribution in [0.2, 0.25) is 0 Å². The number of nitrogens with zero attached hydrogens (tertiary/aromatic N) is 5. The highest BCUT2D eigenvalue weighted by molar-refractivity contribution is 5.83. The lowest BCUT2D eigenvalue weighted by atomic mass is 10.1. The fourth-order valence-electron chi connectivity index (χ4n) is 4.44. The number of hydrogen-bond donors (Lipinski definition) is 0. The van der Waals surface area contributed by atoms with Crippen molar-refractivity contribution in [2.45, 2.75) is 44.6 Å². The largest absolute Gasteiger partial charge is 0.383 e. The van der Waals surface area contributed by atoms with Crippen LogP contribution in [0.15, 0.2) is 33.8 Å². The second-order valence-corrected chi connectivity index (χ2v) is 7.86. The Labute approximate surface area is 171 Å². The molecule has 156 valence electrons. The Hall–Kier alpha value is -3.07. The molecule has 1 aliphatic carbocycles. The van der Waals surface area contributed by atoms with Gasteiger partial charge < -0.3 is 9.26 Å². The van der Waals surface area contributed by atoms with Crippen LogP contribution < -0.4 is 5.56 Å². The lowest BCUT2D eigenvalue weighted by molar-refractivity contribution is 0.162. The van der Waals surface area contributed by atoms with E-state index in [4.69, 9.17) is 9.26 Å². The van der Waals surface area contributed by atoms with Crippen molar-refractivity contribution >= 4 is 16.6 Å². The van der Waals surface area contributed by atoms with Crippen LogP contribution in [0.4, 0.5) is 4.39 Å². The Morgan fingerprint density at radius 1 is 1.30 bits per heavy atom. The van der Waals surface area contributed by atoms with E-state index in [9.17, 15) is 9.18 Å². The highest BCUT2D eigenvalue weighted by atomic mass is 19.1. The summed E-state index contributed by atoms with van der Waals surface area (Å²) in [5, 5.41) is 4.10. The zero-order valence-corrected chi connectivity index (χ0v) is 16.8. The Morgan fingerprint density at radius 2 is 2.10 bits per heavy atom. The third-order valence-corrected chi connectivity index (χ3v) is 5.85. The SMILES string of the molecule is COCC(C)n1c(=O)c2c(-c3noc(C4CCCC4)n3)ncn2c2ccc(F)cc21. The summed E-state index contributed by atoms with van der Waals surface area (Å²) in [6.07, 6.45) is 5.91. The zero-order chi connectivity index (χ0) is 20.8. The fraction of sp³-hybridized carbons (Fsp3) is 0.429. The molecule has 1 unspecified atom stereocenters. The number of aromatic nitrogens is 5. The predicted molar refractivity (Wildman–Crippen MR) is 108 cm³/mol. The van der Waals surface area contributed by atoms with Gasteiger partial charge in [0.1, 0.15) is 23.4 Å². The average Bonchev–Trinajstić information content (AvgIpc) is 3.47. The molecule has 1 fully saturated rings. The van der Waals surface area contributed by atoms with E-state index in [2.05, 4.69) is 15.1 Å². The summed E-state index contributed by atoms with van der Waals surface area (Å²) in [5.41, 5.74) is 1.51. The Balaban J connectivity index is 1.75. The molecule has 0 spiro atoms. The van der Waals surface area contributed by atoms with Crippen molar-refractivity contribution in [3.05, 3.63) is 46.6 Å². The number of methoxy groups -OCH3 is 1. The third kappa shape index (κ3) is 2.92. The fourth-order valence-corrected chi connectivity index (χ4v) is 4.44. The van der Waals surface area contributed by atoms with Crippen molar-refractivity contribution < 1.29 is 13.7 Å². The van der Waals surface area contributed by atoms with E-state index < -0.39 is 5.82 Å². The summed E-state index contributed by atoms with van der Waals surface area (Å²) >= 11 is 0. The summed E-state index contributed by atoms with van der Waals surface area (Å²) in [4.78, 5) is 22.5. The highest BCUT2D eigenvalue weighted by Gasteiger charge is 2.26. The van der Waals surface area contributed by atoms with Crippen LogP contribution in [0.3, 0.4) is 0 Å². The van der Waals surface area contributed by atoms with E-state index in [0.717, 1.165) is 25.7 Å². The van der Waals surface area contributed by atoms with Crippen molar-refractivity contribution in [3.63, 3.8) is 0 Å². The molecule has 1 aromatic carbocycles. The molecular weight excluding hydrogens is 389 g/mol. The van der Waals surface area contributed by atoms with E-state index >= 15 is 0 Å². The van der Waals surface area contributed by atoms with Gasteiger partial charge in [0.15, 0.2) is 0 Å². The maximum Gasteiger partial charge on any atom is 0.278 e. The van der Waals surface area contributed by atoms with E-state index in [1.807, 2.05) is 6.92 Å². The molecule has 0 bridgehead atoms. The van der Waals surface area contributed by atoms with Gasteiger partial charge in [-0.25, -0.2) is 9.37 Å². The van der Waals surface area contributed by atoms with Gasteiger partial charge in [0.2, 0.25) is 11.7 Å². The van der Waals surface area contributed by atoms with Crippen molar-refractivity contribution in [2.24, 2.45) is 0 Å². The van der Waals surface area contributed by atoms with Gasteiger partial charge in [-0.3, -0.25) is 13.8 Å². The minimum atomic E-state index is -0.417. The molecule has 1 saturated carbocycles. The standard InChI is InChI=1S/C21H22FN5O3/c1-12(10-29-2)27-16-9-14(22)7-8-15(16)26-11-23-17(18(26)21(27)28)19-24-20(30-25-19)13-5-3-4-6-13/h7-9,11-13H,3-6,10H2,1-2H3. The molecule has 5 rings (SSSR count). The smallest absolute Gasteiger partial charge is 0.278 e. The molecule has 3 heterocycles. The van der Waals surface area contributed by atoms with Crippen molar-refractivity contribution in [1.29, 1.82) is 0 Å². The van der Waals surface area contributed by atoms with Crippen LogP contribution in [0.25, 0.3) is 28.1 Å². The molecule has 8 nitrogen and oxygen atoms in total. The van der Waals surface area contributed by atoms with Crippen LogP contribution in [-0.2, 0) is 4.74 Å². The maximum atomic E-state index is 14.0. The average molecular weight is 411 g/mol. The lowest BCUT2D eigenvalue weighted by Crippen LogP contribution is -2.28. The second kappa shape index (κ2) is 7.32. The van der Waals surface area contributed by atoms with Gasteiger partial charge in [-0.2, -0.15) is 4.98 Å². The summed E-state index contributed by atoms with van der Waals surface area (Å²) in [7, 11) is 1.57. The highest BCUT2D eigenvalue weighted by Crippen LogP contribution is 2.34. The molecule has 1 atom stereocenters. The topological polar surface area (TPSA) is 87.5 Å². The Kier molecular flexibility index (Phi) is 4.62. The van der Waals surface area contributed by atoms with E-state index in [1.54, 1.807) is 28.5 Å². The van der Waals surface area contributed by atoms with Crippen LogP contribution in [-0.4, -0.2) is 37.8 Å².